The zero-order chi connectivity index (χ0) is 15.5. The summed E-state index contributed by atoms with van der Waals surface area (Å²) in [5.74, 6) is -2.40. The number of unbranched alkanes of at least 4 members (excludes halogenated alkanes) is 6. The van der Waals surface area contributed by atoms with Gasteiger partial charge in [0.25, 0.3) is 0 Å². The Kier molecular flexibility index (Phi) is 8.79. The van der Waals surface area contributed by atoms with Crippen molar-refractivity contribution in [3.8, 4) is 0 Å². The van der Waals surface area contributed by atoms with Crippen molar-refractivity contribution < 1.29 is 19.4 Å². The van der Waals surface area contributed by atoms with E-state index < -0.39 is 17.8 Å². The second-order valence-corrected chi connectivity index (χ2v) is 5.78. The van der Waals surface area contributed by atoms with Crippen LogP contribution in [-0.4, -0.2) is 23.7 Å². The molecular formula is C17H28O4. The Labute approximate surface area is 127 Å². The third-order valence-corrected chi connectivity index (χ3v) is 4.04. The van der Waals surface area contributed by atoms with E-state index in [1.54, 1.807) is 0 Å². The second-order valence-electron chi connectivity index (χ2n) is 5.78. The van der Waals surface area contributed by atoms with Gasteiger partial charge in [0.1, 0.15) is 0 Å². The highest BCUT2D eigenvalue weighted by Crippen LogP contribution is 2.27. The van der Waals surface area contributed by atoms with Crippen LogP contribution in [0.5, 0.6) is 0 Å². The number of ether oxygens (including phenoxy) is 1. The van der Waals surface area contributed by atoms with Crippen molar-refractivity contribution in [2.75, 3.05) is 6.61 Å². The molecule has 0 heterocycles. The molecule has 0 spiro atoms. The van der Waals surface area contributed by atoms with Gasteiger partial charge in [-0.05, 0) is 19.3 Å². The van der Waals surface area contributed by atoms with Crippen LogP contribution < -0.4 is 0 Å². The minimum absolute atomic E-state index is 0.349. The van der Waals surface area contributed by atoms with Crippen LogP contribution in [0.1, 0.15) is 64.7 Å². The first kappa shape index (κ1) is 17.7. The summed E-state index contributed by atoms with van der Waals surface area (Å²) in [6.45, 7) is 2.61. The van der Waals surface area contributed by atoms with Gasteiger partial charge in [-0.2, -0.15) is 0 Å². The number of carboxylic acid groups (broad SMARTS) is 1. The van der Waals surface area contributed by atoms with Gasteiger partial charge in [-0.1, -0.05) is 57.6 Å². The van der Waals surface area contributed by atoms with Crippen molar-refractivity contribution in [2.45, 2.75) is 64.7 Å². The van der Waals surface area contributed by atoms with Gasteiger partial charge in [0.2, 0.25) is 0 Å². The van der Waals surface area contributed by atoms with Crippen molar-refractivity contribution in [2.24, 2.45) is 11.8 Å². The number of aliphatic carboxylic acids is 1. The smallest absolute Gasteiger partial charge is 0.310 e. The fourth-order valence-electron chi connectivity index (χ4n) is 2.69. The van der Waals surface area contributed by atoms with E-state index in [-0.39, 0.29) is 5.97 Å². The summed E-state index contributed by atoms with van der Waals surface area (Å²) < 4.78 is 5.25. The SMILES string of the molecule is CCCCCCCCCOC(=O)C1CC=CCC1C(=O)O. The zero-order valence-electron chi connectivity index (χ0n) is 13.1. The maximum atomic E-state index is 12.0. The van der Waals surface area contributed by atoms with E-state index in [0.717, 1.165) is 12.8 Å². The molecule has 0 aromatic rings. The van der Waals surface area contributed by atoms with Crippen LogP contribution >= 0.6 is 0 Å². The molecule has 1 rings (SSSR count). The zero-order valence-corrected chi connectivity index (χ0v) is 13.1. The predicted molar refractivity (Wildman–Crippen MR) is 81.9 cm³/mol. The van der Waals surface area contributed by atoms with E-state index >= 15 is 0 Å². The monoisotopic (exact) mass is 296 g/mol. The molecule has 0 amide bonds. The van der Waals surface area contributed by atoms with Gasteiger partial charge in [-0.3, -0.25) is 9.59 Å². The molecule has 0 aromatic heterocycles. The Morgan fingerprint density at radius 3 is 2.19 bits per heavy atom. The van der Waals surface area contributed by atoms with Gasteiger partial charge in [0, 0.05) is 0 Å². The van der Waals surface area contributed by atoms with Crippen molar-refractivity contribution in [3.63, 3.8) is 0 Å². The Balaban J connectivity index is 2.15. The van der Waals surface area contributed by atoms with Crippen LogP contribution in [-0.2, 0) is 14.3 Å². The summed E-state index contributed by atoms with van der Waals surface area (Å²) >= 11 is 0. The maximum absolute atomic E-state index is 12.0. The van der Waals surface area contributed by atoms with Gasteiger partial charge < -0.3 is 9.84 Å². The molecule has 4 nitrogen and oxygen atoms in total. The third kappa shape index (κ3) is 6.78. The minimum Gasteiger partial charge on any atom is -0.481 e. The number of carbonyl (C=O) groups excluding carboxylic acids is 1. The van der Waals surface area contributed by atoms with E-state index in [1.165, 1.54) is 32.1 Å². The molecule has 2 unspecified atom stereocenters. The molecule has 0 fully saturated rings. The van der Waals surface area contributed by atoms with Crippen molar-refractivity contribution in [1.82, 2.24) is 0 Å². The average Bonchev–Trinajstić information content (AvgIpc) is 2.49. The predicted octanol–water partition coefficient (Wildman–Crippen LogP) is 3.95. The molecule has 1 aliphatic carbocycles. The van der Waals surface area contributed by atoms with Crippen LogP contribution in [0.4, 0.5) is 0 Å². The van der Waals surface area contributed by atoms with Crippen LogP contribution in [0.15, 0.2) is 12.2 Å². The van der Waals surface area contributed by atoms with E-state index in [4.69, 9.17) is 9.84 Å². The number of hydrogen-bond donors (Lipinski definition) is 1. The molecule has 0 radical (unpaired) electrons. The van der Waals surface area contributed by atoms with Gasteiger partial charge in [0.05, 0.1) is 18.4 Å². The quantitative estimate of drug-likeness (QED) is 0.377. The molecule has 1 aliphatic rings. The molecule has 0 saturated carbocycles. The lowest BCUT2D eigenvalue weighted by atomic mass is 9.83. The number of carbonyl (C=O) groups is 2. The molecule has 0 saturated heterocycles. The molecule has 0 bridgehead atoms. The molecule has 4 heteroatoms. The normalized spacial score (nSPS) is 21.2. The molecular weight excluding hydrogens is 268 g/mol. The summed E-state index contributed by atoms with van der Waals surface area (Å²) in [6, 6.07) is 0. The fraction of sp³-hybridized carbons (Fsp3) is 0.765. The number of rotatable bonds is 10. The first-order valence-electron chi connectivity index (χ1n) is 8.21. The third-order valence-electron chi connectivity index (χ3n) is 4.04. The minimum atomic E-state index is -0.905. The highest BCUT2D eigenvalue weighted by atomic mass is 16.5. The largest absolute Gasteiger partial charge is 0.481 e. The lowest BCUT2D eigenvalue weighted by Crippen LogP contribution is -2.32. The maximum Gasteiger partial charge on any atom is 0.310 e. The molecule has 1 N–H and O–H groups in total. The van der Waals surface area contributed by atoms with Gasteiger partial charge in [-0.15, -0.1) is 0 Å². The van der Waals surface area contributed by atoms with E-state index in [9.17, 15) is 9.59 Å². The summed E-state index contributed by atoms with van der Waals surface area (Å²) in [7, 11) is 0. The Morgan fingerprint density at radius 2 is 1.57 bits per heavy atom. The lowest BCUT2D eigenvalue weighted by molar-refractivity contribution is -0.158. The molecule has 120 valence electrons. The Morgan fingerprint density at radius 1 is 1.00 bits per heavy atom. The fourth-order valence-corrected chi connectivity index (χ4v) is 2.69. The van der Waals surface area contributed by atoms with E-state index in [2.05, 4.69) is 6.92 Å². The Bertz CT molecular complexity index is 349. The summed E-state index contributed by atoms with van der Waals surface area (Å²) in [4.78, 5) is 23.1. The number of esters is 1. The lowest BCUT2D eigenvalue weighted by Gasteiger charge is -2.23. The van der Waals surface area contributed by atoms with Gasteiger partial charge in [0.15, 0.2) is 0 Å². The Hall–Kier alpha value is -1.32. The molecule has 0 aromatic carbocycles. The van der Waals surface area contributed by atoms with Crippen molar-refractivity contribution in [1.29, 1.82) is 0 Å². The average molecular weight is 296 g/mol. The van der Waals surface area contributed by atoms with Crippen LogP contribution in [0, 0.1) is 11.8 Å². The molecule has 2 atom stereocenters. The van der Waals surface area contributed by atoms with Crippen molar-refractivity contribution in [3.05, 3.63) is 12.2 Å². The van der Waals surface area contributed by atoms with E-state index in [0.29, 0.717) is 19.4 Å². The van der Waals surface area contributed by atoms with Gasteiger partial charge in [-0.25, -0.2) is 0 Å². The van der Waals surface area contributed by atoms with Gasteiger partial charge >= 0.3 is 11.9 Å². The first-order valence-corrected chi connectivity index (χ1v) is 8.21. The summed E-state index contributed by atoms with van der Waals surface area (Å²) in [6.07, 6.45) is 12.8. The van der Waals surface area contributed by atoms with Crippen LogP contribution in [0.25, 0.3) is 0 Å². The number of allylic oxidation sites excluding steroid dienone is 2. The number of carboxylic acids is 1. The summed E-state index contributed by atoms with van der Waals surface area (Å²) in [5.41, 5.74) is 0. The summed E-state index contributed by atoms with van der Waals surface area (Å²) in [5, 5.41) is 9.13. The van der Waals surface area contributed by atoms with Crippen LogP contribution in [0.3, 0.4) is 0 Å². The highest BCUT2D eigenvalue weighted by molar-refractivity contribution is 5.81. The highest BCUT2D eigenvalue weighted by Gasteiger charge is 2.34. The first-order chi connectivity index (χ1) is 10.2. The van der Waals surface area contributed by atoms with E-state index in [1.807, 2.05) is 12.2 Å². The topological polar surface area (TPSA) is 63.6 Å². The molecule has 21 heavy (non-hydrogen) atoms. The number of hydrogen-bond acceptors (Lipinski definition) is 3. The molecule has 0 aliphatic heterocycles. The van der Waals surface area contributed by atoms with Crippen LogP contribution in [0.2, 0.25) is 0 Å². The standard InChI is InChI=1S/C17H28O4/c1-2-3-4-5-6-7-10-13-21-17(20)15-12-9-8-11-14(15)16(18)19/h8-9,14-15H,2-7,10-13H2,1H3,(H,18,19). The second kappa shape index (κ2) is 10.4. The van der Waals surface area contributed by atoms with Crippen molar-refractivity contribution >= 4 is 11.9 Å².